The van der Waals surface area contributed by atoms with Crippen LogP contribution in [0.15, 0.2) is 37.8 Å². The molecule has 0 fully saturated rings. The highest BCUT2D eigenvalue weighted by Gasteiger charge is 2.70. The monoisotopic (exact) mass is 377 g/mol. The maximum Gasteiger partial charge on any atom is 0.465 e. The molecule has 1 heterocycles. The van der Waals surface area contributed by atoms with Gasteiger partial charge in [0.25, 0.3) is 0 Å². The van der Waals surface area contributed by atoms with Gasteiger partial charge in [-0.1, -0.05) is 0 Å². The molecule has 13 heteroatoms. The van der Waals surface area contributed by atoms with Gasteiger partial charge in [-0.05, 0) is 24.3 Å². The predicted molar refractivity (Wildman–Crippen MR) is 72.7 cm³/mol. The van der Waals surface area contributed by atoms with Crippen LogP contribution in [0.2, 0.25) is 0 Å². The summed E-state index contributed by atoms with van der Waals surface area (Å²) in [6, 6.07) is 5.14. The van der Waals surface area contributed by atoms with Gasteiger partial charge in [0.2, 0.25) is 0 Å². The molecule has 1 aliphatic heterocycles. The lowest BCUT2D eigenvalue weighted by Crippen LogP contribution is -2.37. The molecule has 0 saturated carbocycles. The molecule has 0 bridgehead atoms. The van der Waals surface area contributed by atoms with E-state index in [1.807, 2.05) is 0 Å². The minimum Gasteiger partial charge on any atom is -0.497 e. The smallest absolute Gasteiger partial charge is 0.465 e. The van der Waals surface area contributed by atoms with E-state index in [9.17, 15) is 22.0 Å². The third-order valence-corrected chi connectivity index (χ3v) is 7.07. The number of methoxy groups -OCH3 is 1. The van der Waals surface area contributed by atoms with Gasteiger partial charge in [-0.15, -0.1) is 0 Å². The van der Waals surface area contributed by atoms with Crippen LogP contribution in [0.25, 0.3) is 0 Å². The van der Waals surface area contributed by atoms with Gasteiger partial charge < -0.3 is 9.26 Å². The molecular formula is C9H7F5N3O2P3. The van der Waals surface area contributed by atoms with E-state index in [0.717, 1.165) is 0 Å². The predicted octanol–water partition coefficient (Wildman–Crippen LogP) is 6.36. The van der Waals surface area contributed by atoms with Gasteiger partial charge in [0.1, 0.15) is 11.5 Å². The number of ether oxygens (including phenoxy) is 1. The Morgan fingerprint density at radius 3 is 2.05 bits per heavy atom. The van der Waals surface area contributed by atoms with Crippen molar-refractivity contribution in [2.45, 2.75) is 11.8 Å². The van der Waals surface area contributed by atoms with Crippen molar-refractivity contribution in [1.29, 1.82) is 0 Å². The molecule has 0 spiro atoms. The maximum absolute atomic E-state index is 13.8. The summed E-state index contributed by atoms with van der Waals surface area (Å²) in [5.74, 6) is 0.184. The summed E-state index contributed by atoms with van der Waals surface area (Å²) in [7, 11) is -3.99. The molecule has 1 unspecified atom stereocenters. The Labute approximate surface area is 124 Å². The molecule has 1 aliphatic rings. The van der Waals surface area contributed by atoms with E-state index in [1.165, 1.54) is 31.4 Å². The molecular weight excluding hydrogens is 370 g/mol. The number of nitrogens with zero attached hydrogens (tertiary/aromatic N) is 3. The first-order chi connectivity index (χ1) is 10.2. The van der Waals surface area contributed by atoms with Crippen LogP contribution in [-0.2, 0) is 0 Å². The van der Waals surface area contributed by atoms with Crippen molar-refractivity contribution >= 4 is 24.5 Å². The van der Waals surface area contributed by atoms with Crippen LogP contribution in [0.3, 0.4) is 0 Å². The zero-order valence-electron chi connectivity index (χ0n) is 10.7. The molecule has 0 aromatic heterocycles. The van der Waals surface area contributed by atoms with Crippen LogP contribution >= 0.6 is 24.5 Å². The third kappa shape index (κ3) is 3.14. The summed E-state index contributed by atoms with van der Waals surface area (Å²) < 4.78 is 85.6. The highest BCUT2D eigenvalue weighted by atomic mass is 31.2. The van der Waals surface area contributed by atoms with Crippen molar-refractivity contribution in [2.24, 2.45) is 13.5 Å². The lowest BCUT2D eigenvalue weighted by molar-refractivity contribution is -0.243. The van der Waals surface area contributed by atoms with Gasteiger partial charge in [-0.2, -0.15) is 35.5 Å². The molecule has 1 atom stereocenters. The molecule has 0 aliphatic carbocycles. The van der Waals surface area contributed by atoms with Gasteiger partial charge in [-0.3, -0.25) is 0 Å². The molecule has 120 valence electrons. The highest BCUT2D eigenvalue weighted by molar-refractivity contribution is 7.70. The van der Waals surface area contributed by atoms with Crippen molar-refractivity contribution < 1.29 is 31.2 Å². The van der Waals surface area contributed by atoms with Crippen molar-refractivity contribution in [3.8, 4) is 11.5 Å². The molecule has 2 rings (SSSR count). The first-order valence-electron chi connectivity index (χ1n) is 5.44. The van der Waals surface area contributed by atoms with E-state index >= 15 is 0 Å². The Bertz CT molecular complexity index is 659. The van der Waals surface area contributed by atoms with Crippen molar-refractivity contribution in [2.75, 3.05) is 7.11 Å². The van der Waals surface area contributed by atoms with Crippen LogP contribution < -0.4 is 9.26 Å². The summed E-state index contributed by atoms with van der Waals surface area (Å²) >= 11 is 0. The summed E-state index contributed by atoms with van der Waals surface area (Å²) in [5.41, 5.74) is -5.20. The standard InChI is InChI=1S/C9H7F5N3O2P3/c1-18-6-2-4-7(5-3-6)19-22(16-20-15-21-17-22)9(13,14)8(10,11)12/h2-5H,1H3. The second-order valence-electron chi connectivity index (χ2n) is 3.80. The van der Waals surface area contributed by atoms with Crippen LogP contribution in [0, 0.1) is 0 Å². The number of hydrogen-bond acceptors (Lipinski definition) is 5. The summed E-state index contributed by atoms with van der Waals surface area (Å²) in [6.07, 6.45) is -5.83. The van der Waals surface area contributed by atoms with E-state index < -0.39 is 19.3 Å². The second-order valence-corrected chi connectivity index (χ2v) is 8.13. The van der Waals surface area contributed by atoms with Crippen LogP contribution in [-0.4, -0.2) is 18.9 Å². The van der Waals surface area contributed by atoms with Crippen LogP contribution in [0.1, 0.15) is 0 Å². The maximum atomic E-state index is 13.8. The van der Waals surface area contributed by atoms with Gasteiger partial charge in [0.05, 0.1) is 7.11 Å². The Morgan fingerprint density at radius 2 is 1.59 bits per heavy atom. The van der Waals surface area contributed by atoms with Gasteiger partial charge in [0.15, 0.2) is 17.0 Å². The van der Waals surface area contributed by atoms with Gasteiger partial charge in [0, 0.05) is 0 Å². The highest BCUT2D eigenvalue weighted by Crippen LogP contribution is 2.72. The Balaban J connectivity index is 2.46. The Kier molecular flexibility index (Phi) is 4.85. The normalized spacial score (nSPS) is 22.8. The minimum atomic E-state index is -5.83. The molecule has 0 saturated heterocycles. The Hall–Kier alpha value is -1.10. The second kappa shape index (κ2) is 6.19. The van der Waals surface area contributed by atoms with Gasteiger partial charge in [-0.25, -0.2) is 0 Å². The fourth-order valence-electron chi connectivity index (χ4n) is 1.33. The summed E-state index contributed by atoms with van der Waals surface area (Å²) in [5, 5.41) is 0. The number of alkyl halides is 5. The Morgan fingerprint density at radius 1 is 1.00 bits per heavy atom. The zero-order valence-corrected chi connectivity index (χ0v) is 13.4. The minimum absolute atomic E-state index is 0.210. The topological polar surface area (TPSA) is 55.5 Å². The molecule has 1 aromatic carbocycles. The van der Waals surface area contributed by atoms with E-state index in [2.05, 4.69) is 13.5 Å². The first-order valence-corrected chi connectivity index (χ1v) is 8.65. The molecule has 5 nitrogen and oxygen atoms in total. The SMILES string of the molecule is COc1ccc(OP2(C(F)(F)C(F)(F)F)=NP=NP=N2)cc1. The molecule has 0 radical (unpaired) electrons. The largest absolute Gasteiger partial charge is 0.497 e. The first kappa shape index (κ1) is 17.3. The molecule has 0 amide bonds. The van der Waals surface area contributed by atoms with Crippen molar-refractivity contribution in [3.63, 3.8) is 0 Å². The average molecular weight is 377 g/mol. The fraction of sp³-hybridized carbons (Fsp3) is 0.333. The summed E-state index contributed by atoms with van der Waals surface area (Å²) in [4.78, 5) is 0. The van der Waals surface area contributed by atoms with E-state index in [1.54, 1.807) is 0 Å². The van der Waals surface area contributed by atoms with E-state index in [0.29, 0.717) is 5.75 Å². The van der Waals surface area contributed by atoms with Crippen LogP contribution in [0.5, 0.6) is 11.5 Å². The van der Waals surface area contributed by atoms with E-state index in [-0.39, 0.29) is 22.8 Å². The van der Waals surface area contributed by atoms with Gasteiger partial charge >= 0.3 is 19.3 Å². The lowest BCUT2D eigenvalue weighted by atomic mass is 10.3. The van der Waals surface area contributed by atoms with E-state index in [4.69, 9.17) is 9.26 Å². The van der Waals surface area contributed by atoms with Crippen molar-refractivity contribution in [3.05, 3.63) is 24.3 Å². The lowest BCUT2D eigenvalue weighted by Gasteiger charge is -2.29. The number of hydrogen-bond donors (Lipinski definition) is 0. The fourth-order valence-corrected chi connectivity index (χ4v) is 5.79. The third-order valence-electron chi connectivity index (χ3n) is 2.40. The molecule has 0 N–H and O–H groups in total. The summed E-state index contributed by atoms with van der Waals surface area (Å²) in [6.45, 7) is 0. The number of halogens is 5. The van der Waals surface area contributed by atoms with Crippen molar-refractivity contribution in [1.82, 2.24) is 0 Å². The number of benzene rings is 1. The molecule has 1 aromatic rings. The molecule has 22 heavy (non-hydrogen) atoms. The zero-order chi connectivity index (χ0) is 16.4. The quantitative estimate of drug-likeness (QED) is 0.453. The average Bonchev–Trinajstić information content (AvgIpc) is 2.48. The van der Waals surface area contributed by atoms with Crippen LogP contribution in [0.4, 0.5) is 22.0 Å². The number of rotatable bonds is 4.